The molecule has 0 aromatic heterocycles. The highest BCUT2D eigenvalue weighted by molar-refractivity contribution is 6.04. The van der Waals surface area contributed by atoms with Gasteiger partial charge in [-0.05, 0) is 69.3 Å². The minimum absolute atomic E-state index is 0.0693. The van der Waals surface area contributed by atoms with E-state index in [0.29, 0.717) is 29.2 Å². The van der Waals surface area contributed by atoms with Crippen LogP contribution < -0.4 is 25.6 Å². The van der Waals surface area contributed by atoms with Gasteiger partial charge in [0, 0.05) is 23.0 Å². The molecule has 0 aliphatic heterocycles. The predicted molar refractivity (Wildman–Crippen MR) is 121 cm³/mol. The molecule has 3 amide bonds. The van der Waals surface area contributed by atoms with Gasteiger partial charge < -0.3 is 25.6 Å². The number of hydrogen-bond acceptors (Lipinski definition) is 4. The SMILES string of the molecule is CC[NH+](CC(=O)Nc1ccc(C(=O)Nc2ccc(OC)cc2)cc1)CC(=O)NC(C)C. The van der Waals surface area contributed by atoms with Crippen LogP contribution in [-0.4, -0.2) is 50.5 Å². The molecule has 4 N–H and O–H groups in total. The third-order valence-electron chi connectivity index (χ3n) is 4.55. The zero-order valence-corrected chi connectivity index (χ0v) is 18.5. The van der Waals surface area contributed by atoms with E-state index < -0.39 is 0 Å². The monoisotopic (exact) mass is 427 g/mol. The van der Waals surface area contributed by atoms with E-state index in [1.807, 2.05) is 20.8 Å². The summed E-state index contributed by atoms with van der Waals surface area (Å²) in [5, 5.41) is 8.46. The van der Waals surface area contributed by atoms with Crippen LogP contribution in [0.5, 0.6) is 5.75 Å². The fourth-order valence-electron chi connectivity index (χ4n) is 2.93. The van der Waals surface area contributed by atoms with Crippen LogP contribution in [0.3, 0.4) is 0 Å². The van der Waals surface area contributed by atoms with Crippen LogP contribution in [0, 0.1) is 0 Å². The zero-order chi connectivity index (χ0) is 22.8. The maximum atomic E-state index is 12.4. The Morgan fingerprint density at radius 2 is 1.42 bits per heavy atom. The molecule has 0 bridgehead atoms. The van der Waals surface area contributed by atoms with E-state index in [2.05, 4.69) is 16.0 Å². The second-order valence-corrected chi connectivity index (χ2v) is 7.49. The van der Waals surface area contributed by atoms with Crippen molar-refractivity contribution in [3.05, 3.63) is 54.1 Å². The number of amides is 3. The number of anilines is 2. The molecule has 0 fully saturated rings. The van der Waals surface area contributed by atoms with Crippen LogP contribution in [0.25, 0.3) is 0 Å². The smallest absolute Gasteiger partial charge is 0.279 e. The highest BCUT2D eigenvalue weighted by atomic mass is 16.5. The average molecular weight is 428 g/mol. The van der Waals surface area contributed by atoms with Crippen molar-refractivity contribution in [1.29, 1.82) is 0 Å². The lowest BCUT2D eigenvalue weighted by Gasteiger charge is -2.17. The predicted octanol–water partition coefficient (Wildman–Crippen LogP) is 1.32. The van der Waals surface area contributed by atoms with Crippen molar-refractivity contribution in [1.82, 2.24) is 5.32 Å². The second-order valence-electron chi connectivity index (χ2n) is 7.49. The number of carbonyl (C=O) groups excluding carboxylic acids is 3. The van der Waals surface area contributed by atoms with Crippen LogP contribution in [0.2, 0.25) is 0 Å². The maximum absolute atomic E-state index is 12.4. The van der Waals surface area contributed by atoms with E-state index >= 15 is 0 Å². The molecule has 0 aliphatic carbocycles. The highest BCUT2D eigenvalue weighted by Crippen LogP contribution is 2.16. The molecule has 1 unspecified atom stereocenters. The minimum Gasteiger partial charge on any atom is -0.497 e. The number of ether oxygens (including phenoxy) is 1. The Labute approximate surface area is 183 Å². The number of benzene rings is 2. The van der Waals surface area contributed by atoms with Gasteiger partial charge >= 0.3 is 0 Å². The molecule has 0 spiro atoms. The lowest BCUT2D eigenvalue weighted by Crippen LogP contribution is -3.14. The molecule has 0 saturated heterocycles. The normalized spacial score (nSPS) is 11.5. The molecule has 8 heteroatoms. The van der Waals surface area contributed by atoms with E-state index in [0.717, 1.165) is 4.90 Å². The number of carbonyl (C=O) groups is 3. The average Bonchev–Trinajstić information content (AvgIpc) is 2.73. The van der Waals surface area contributed by atoms with E-state index in [-0.39, 0.29) is 36.9 Å². The molecular formula is C23H31N4O4+. The van der Waals surface area contributed by atoms with Crippen LogP contribution in [-0.2, 0) is 9.59 Å². The van der Waals surface area contributed by atoms with Gasteiger partial charge in [-0.25, -0.2) is 0 Å². The second kappa shape index (κ2) is 11.7. The van der Waals surface area contributed by atoms with Gasteiger partial charge in [-0.3, -0.25) is 14.4 Å². The Morgan fingerprint density at radius 1 is 0.871 bits per heavy atom. The van der Waals surface area contributed by atoms with E-state index in [4.69, 9.17) is 4.74 Å². The molecule has 0 radical (unpaired) electrons. The quantitative estimate of drug-likeness (QED) is 0.459. The van der Waals surface area contributed by atoms with E-state index in [9.17, 15) is 14.4 Å². The van der Waals surface area contributed by atoms with Gasteiger partial charge in [0.25, 0.3) is 17.7 Å². The highest BCUT2D eigenvalue weighted by Gasteiger charge is 2.17. The van der Waals surface area contributed by atoms with Crippen LogP contribution in [0.1, 0.15) is 31.1 Å². The van der Waals surface area contributed by atoms with Crippen molar-refractivity contribution < 1.29 is 24.0 Å². The third-order valence-corrected chi connectivity index (χ3v) is 4.55. The standard InChI is InChI=1S/C23H30N4O4/c1-5-27(14-21(28)24-16(2)3)15-22(29)25-18-8-6-17(7-9-18)23(30)26-19-10-12-20(31-4)13-11-19/h6-13,16H,5,14-15H2,1-4H3,(H,24,28)(H,25,29)(H,26,30)/p+1. The van der Waals surface area contributed by atoms with Crippen LogP contribution >= 0.6 is 0 Å². The van der Waals surface area contributed by atoms with Gasteiger partial charge in [-0.2, -0.15) is 0 Å². The fourth-order valence-corrected chi connectivity index (χ4v) is 2.93. The lowest BCUT2D eigenvalue weighted by atomic mass is 10.2. The molecule has 2 aromatic carbocycles. The van der Waals surface area contributed by atoms with Crippen molar-refractivity contribution in [3.8, 4) is 5.75 Å². The van der Waals surface area contributed by atoms with Crippen molar-refractivity contribution in [2.45, 2.75) is 26.8 Å². The van der Waals surface area contributed by atoms with Gasteiger partial charge in [0.1, 0.15) is 5.75 Å². The number of likely N-dealkylation sites (N-methyl/N-ethyl adjacent to an activating group) is 1. The third kappa shape index (κ3) is 8.10. The zero-order valence-electron chi connectivity index (χ0n) is 18.5. The van der Waals surface area contributed by atoms with Crippen molar-refractivity contribution in [2.24, 2.45) is 0 Å². The van der Waals surface area contributed by atoms with Crippen LogP contribution in [0.4, 0.5) is 11.4 Å². The summed E-state index contributed by atoms with van der Waals surface area (Å²) in [5.74, 6) is 0.194. The van der Waals surface area contributed by atoms with Gasteiger partial charge in [0.2, 0.25) is 0 Å². The summed E-state index contributed by atoms with van der Waals surface area (Å²) in [6, 6.07) is 13.8. The van der Waals surface area contributed by atoms with Gasteiger partial charge in [0.15, 0.2) is 13.1 Å². The fraction of sp³-hybridized carbons (Fsp3) is 0.348. The number of rotatable bonds is 10. The first-order valence-corrected chi connectivity index (χ1v) is 10.3. The number of nitrogens with one attached hydrogen (secondary N) is 4. The van der Waals surface area contributed by atoms with Crippen molar-refractivity contribution >= 4 is 29.1 Å². The van der Waals surface area contributed by atoms with Crippen molar-refractivity contribution in [3.63, 3.8) is 0 Å². The molecular weight excluding hydrogens is 396 g/mol. The molecule has 31 heavy (non-hydrogen) atoms. The molecule has 0 heterocycles. The Bertz CT molecular complexity index is 879. The van der Waals surface area contributed by atoms with Gasteiger partial charge in [-0.15, -0.1) is 0 Å². The van der Waals surface area contributed by atoms with E-state index in [1.165, 1.54) is 0 Å². The number of quaternary nitrogens is 1. The van der Waals surface area contributed by atoms with Gasteiger partial charge in [-0.1, -0.05) is 0 Å². The first-order chi connectivity index (χ1) is 14.8. The first-order valence-electron chi connectivity index (χ1n) is 10.3. The summed E-state index contributed by atoms with van der Waals surface area (Å²) < 4.78 is 5.10. The molecule has 0 aliphatic rings. The summed E-state index contributed by atoms with van der Waals surface area (Å²) in [6.07, 6.45) is 0. The first kappa shape index (κ1) is 23.9. The Morgan fingerprint density at radius 3 is 1.97 bits per heavy atom. The Hall–Kier alpha value is -3.39. The topological polar surface area (TPSA) is 101 Å². The molecule has 2 aromatic rings. The largest absolute Gasteiger partial charge is 0.497 e. The molecule has 1 atom stereocenters. The summed E-state index contributed by atoms with van der Waals surface area (Å²) in [5.41, 5.74) is 1.72. The lowest BCUT2D eigenvalue weighted by molar-refractivity contribution is -0.881. The molecule has 0 saturated carbocycles. The Kier molecular flexibility index (Phi) is 9.02. The summed E-state index contributed by atoms with van der Waals surface area (Å²) in [7, 11) is 1.58. The van der Waals surface area contributed by atoms with Gasteiger partial charge in [0.05, 0.1) is 13.7 Å². The number of methoxy groups -OCH3 is 1. The summed E-state index contributed by atoms with van der Waals surface area (Å²) in [6.45, 7) is 6.81. The summed E-state index contributed by atoms with van der Waals surface area (Å²) in [4.78, 5) is 37.5. The molecule has 8 nitrogen and oxygen atoms in total. The maximum Gasteiger partial charge on any atom is 0.279 e. The van der Waals surface area contributed by atoms with Crippen molar-refractivity contribution in [2.75, 3.05) is 37.4 Å². The van der Waals surface area contributed by atoms with E-state index in [1.54, 1.807) is 55.6 Å². The van der Waals surface area contributed by atoms with Crippen LogP contribution in [0.15, 0.2) is 48.5 Å². The Balaban J connectivity index is 1.88. The number of hydrogen-bond donors (Lipinski definition) is 4. The minimum atomic E-state index is -0.249. The molecule has 2 rings (SSSR count). The molecule has 166 valence electrons. The summed E-state index contributed by atoms with van der Waals surface area (Å²) >= 11 is 0.